The number of rotatable bonds is 8. The fourth-order valence-corrected chi connectivity index (χ4v) is 2.41. The van der Waals surface area contributed by atoms with Crippen LogP contribution in [0.4, 0.5) is 0 Å². The summed E-state index contributed by atoms with van der Waals surface area (Å²) in [5.74, 6) is 1.95. The van der Waals surface area contributed by atoms with Crippen LogP contribution in [0.15, 0.2) is 16.5 Å². The van der Waals surface area contributed by atoms with Crippen LogP contribution in [0.5, 0.6) is 0 Å². The van der Waals surface area contributed by atoms with Crippen molar-refractivity contribution in [2.24, 2.45) is 11.7 Å². The standard InChI is InChI=1S/C17H30N2O2/c1-12(2)19(11-16-10-9-15(5)21-16)17(20)13(3)7-6-8-14(4)18/h9-10,12-14H,6-8,11,18H2,1-5H3. The molecule has 2 atom stereocenters. The lowest BCUT2D eigenvalue weighted by Crippen LogP contribution is -2.39. The maximum absolute atomic E-state index is 12.6. The molecule has 1 heterocycles. The minimum absolute atomic E-state index is 0.0298. The molecule has 0 radical (unpaired) electrons. The van der Waals surface area contributed by atoms with E-state index in [0.29, 0.717) is 6.54 Å². The predicted molar refractivity (Wildman–Crippen MR) is 85.8 cm³/mol. The van der Waals surface area contributed by atoms with E-state index >= 15 is 0 Å². The highest BCUT2D eigenvalue weighted by atomic mass is 16.3. The Hall–Kier alpha value is -1.29. The summed E-state index contributed by atoms with van der Waals surface area (Å²) in [4.78, 5) is 14.5. The normalized spacial score (nSPS) is 14.2. The SMILES string of the molecule is Cc1ccc(CN(C(=O)C(C)CCCC(C)N)C(C)C)o1. The fourth-order valence-electron chi connectivity index (χ4n) is 2.41. The van der Waals surface area contributed by atoms with Gasteiger partial charge in [-0.2, -0.15) is 0 Å². The quantitative estimate of drug-likeness (QED) is 0.798. The maximum atomic E-state index is 12.6. The van der Waals surface area contributed by atoms with Gasteiger partial charge in [-0.15, -0.1) is 0 Å². The zero-order valence-electron chi connectivity index (χ0n) is 14.1. The number of carbonyl (C=O) groups excluding carboxylic acids is 1. The van der Waals surface area contributed by atoms with E-state index in [2.05, 4.69) is 0 Å². The molecule has 0 aliphatic rings. The van der Waals surface area contributed by atoms with Crippen molar-refractivity contribution in [1.82, 2.24) is 4.90 Å². The van der Waals surface area contributed by atoms with Crippen LogP contribution >= 0.6 is 0 Å². The first-order valence-corrected chi connectivity index (χ1v) is 7.92. The molecule has 4 nitrogen and oxygen atoms in total. The van der Waals surface area contributed by atoms with Crippen LogP contribution < -0.4 is 5.73 Å². The monoisotopic (exact) mass is 294 g/mol. The molecule has 1 aromatic rings. The largest absolute Gasteiger partial charge is 0.464 e. The molecule has 1 aromatic heterocycles. The minimum Gasteiger partial charge on any atom is -0.464 e. The van der Waals surface area contributed by atoms with Gasteiger partial charge in [0.25, 0.3) is 0 Å². The molecule has 21 heavy (non-hydrogen) atoms. The average Bonchev–Trinajstić information content (AvgIpc) is 2.79. The summed E-state index contributed by atoms with van der Waals surface area (Å²) in [7, 11) is 0. The van der Waals surface area contributed by atoms with Crippen LogP contribution in [0.25, 0.3) is 0 Å². The summed E-state index contributed by atoms with van der Waals surface area (Å²) in [6.07, 6.45) is 2.85. The van der Waals surface area contributed by atoms with Crippen molar-refractivity contribution >= 4 is 5.91 Å². The highest BCUT2D eigenvalue weighted by Gasteiger charge is 2.23. The van der Waals surface area contributed by atoms with E-state index in [9.17, 15) is 4.79 Å². The first kappa shape index (κ1) is 17.8. The van der Waals surface area contributed by atoms with Gasteiger partial charge in [-0.1, -0.05) is 13.3 Å². The Balaban J connectivity index is 2.60. The summed E-state index contributed by atoms with van der Waals surface area (Å²) in [5.41, 5.74) is 5.76. The van der Waals surface area contributed by atoms with E-state index in [1.54, 1.807) is 0 Å². The van der Waals surface area contributed by atoms with Crippen LogP contribution in [0, 0.1) is 12.8 Å². The summed E-state index contributed by atoms with van der Waals surface area (Å²) >= 11 is 0. The molecule has 0 saturated carbocycles. The van der Waals surface area contributed by atoms with Crippen molar-refractivity contribution in [3.05, 3.63) is 23.7 Å². The number of aryl methyl sites for hydroxylation is 1. The third kappa shape index (κ3) is 5.92. The van der Waals surface area contributed by atoms with Gasteiger partial charge in [-0.05, 0) is 52.7 Å². The smallest absolute Gasteiger partial charge is 0.226 e. The number of hydrogen-bond acceptors (Lipinski definition) is 3. The Kier molecular flexibility index (Phi) is 6.96. The van der Waals surface area contributed by atoms with E-state index in [1.807, 2.05) is 51.7 Å². The van der Waals surface area contributed by atoms with Gasteiger partial charge in [0, 0.05) is 18.0 Å². The van der Waals surface area contributed by atoms with Gasteiger partial charge in [0.2, 0.25) is 5.91 Å². The number of carbonyl (C=O) groups is 1. The van der Waals surface area contributed by atoms with Gasteiger partial charge in [0.05, 0.1) is 6.54 Å². The second kappa shape index (κ2) is 8.23. The lowest BCUT2D eigenvalue weighted by molar-refractivity contribution is -0.138. The molecule has 1 amide bonds. The van der Waals surface area contributed by atoms with Crippen LogP contribution in [-0.4, -0.2) is 22.9 Å². The fraction of sp³-hybridized carbons (Fsp3) is 0.706. The van der Waals surface area contributed by atoms with Gasteiger partial charge >= 0.3 is 0 Å². The molecule has 0 fully saturated rings. The third-order valence-corrected chi connectivity index (χ3v) is 3.75. The van der Waals surface area contributed by atoms with Crippen LogP contribution in [0.1, 0.15) is 58.5 Å². The van der Waals surface area contributed by atoms with Crippen molar-refractivity contribution in [2.45, 2.75) is 72.5 Å². The summed E-state index contributed by atoms with van der Waals surface area (Å²) < 4.78 is 5.60. The summed E-state index contributed by atoms with van der Waals surface area (Å²) in [6, 6.07) is 4.25. The lowest BCUT2D eigenvalue weighted by atomic mass is 10.00. The van der Waals surface area contributed by atoms with Crippen molar-refractivity contribution in [3.8, 4) is 0 Å². The molecule has 0 spiro atoms. The van der Waals surface area contributed by atoms with E-state index in [4.69, 9.17) is 10.2 Å². The predicted octanol–water partition coefficient (Wildman–Crippen LogP) is 3.48. The first-order chi connectivity index (χ1) is 9.81. The second-order valence-corrected chi connectivity index (χ2v) is 6.38. The molecule has 0 saturated heterocycles. The molecule has 0 aliphatic carbocycles. The molecule has 2 N–H and O–H groups in total. The van der Waals surface area contributed by atoms with Crippen molar-refractivity contribution in [1.29, 1.82) is 0 Å². The van der Waals surface area contributed by atoms with E-state index in [-0.39, 0.29) is 23.9 Å². The molecule has 120 valence electrons. The zero-order chi connectivity index (χ0) is 16.0. The molecule has 0 bridgehead atoms. The Morgan fingerprint density at radius 2 is 1.90 bits per heavy atom. The Morgan fingerprint density at radius 3 is 2.38 bits per heavy atom. The second-order valence-electron chi connectivity index (χ2n) is 6.38. The van der Waals surface area contributed by atoms with Crippen molar-refractivity contribution in [2.75, 3.05) is 0 Å². The maximum Gasteiger partial charge on any atom is 0.226 e. The summed E-state index contributed by atoms with van der Waals surface area (Å²) in [5, 5.41) is 0. The number of hydrogen-bond donors (Lipinski definition) is 1. The van der Waals surface area contributed by atoms with Crippen LogP contribution in [-0.2, 0) is 11.3 Å². The summed E-state index contributed by atoms with van der Waals surface area (Å²) in [6.45, 7) is 10.6. The van der Waals surface area contributed by atoms with Gasteiger partial charge in [0.15, 0.2) is 0 Å². The Morgan fingerprint density at radius 1 is 1.24 bits per heavy atom. The highest BCUT2D eigenvalue weighted by molar-refractivity contribution is 5.78. The molecule has 0 aliphatic heterocycles. The van der Waals surface area contributed by atoms with Crippen molar-refractivity contribution < 1.29 is 9.21 Å². The number of amides is 1. The molecule has 4 heteroatoms. The van der Waals surface area contributed by atoms with Gasteiger partial charge in [-0.25, -0.2) is 0 Å². The van der Waals surface area contributed by atoms with E-state index in [0.717, 1.165) is 30.8 Å². The average molecular weight is 294 g/mol. The van der Waals surface area contributed by atoms with Crippen molar-refractivity contribution in [3.63, 3.8) is 0 Å². The molecular weight excluding hydrogens is 264 g/mol. The highest BCUT2D eigenvalue weighted by Crippen LogP contribution is 2.18. The van der Waals surface area contributed by atoms with Crippen LogP contribution in [0.3, 0.4) is 0 Å². The van der Waals surface area contributed by atoms with E-state index < -0.39 is 0 Å². The molecular formula is C17H30N2O2. The van der Waals surface area contributed by atoms with Gasteiger partial charge in [-0.3, -0.25) is 4.79 Å². The zero-order valence-corrected chi connectivity index (χ0v) is 14.1. The molecule has 1 rings (SSSR count). The topological polar surface area (TPSA) is 59.5 Å². The minimum atomic E-state index is 0.0298. The Labute approximate surface area is 128 Å². The Bertz CT molecular complexity index is 438. The number of nitrogens with zero attached hydrogens (tertiary/aromatic N) is 1. The van der Waals surface area contributed by atoms with Crippen LogP contribution in [0.2, 0.25) is 0 Å². The molecule has 2 unspecified atom stereocenters. The van der Waals surface area contributed by atoms with E-state index in [1.165, 1.54) is 0 Å². The molecule has 0 aromatic carbocycles. The van der Waals surface area contributed by atoms with Gasteiger partial charge < -0.3 is 15.1 Å². The lowest BCUT2D eigenvalue weighted by Gasteiger charge is -2.29. The van der Waals surface area contributed by atoms with Gasteiger partial charge in [0.1, 0.15) is 11.5 Å². The number of nitrogens with two attached hydrogens (primary N) is 1. The first-order valence-electron chi connectivity index (χ1n) is 7.92. The third-order valence-electron chi connectivity index (χ3n) is 3.75. The number of furan rings is 1.